The van der Waals surface area contributed by atoms with Crippen molar-refractivity contribution in [3.63, 3.8) is 0 Å². The van der Waals surface area contributed by atoms with E-state index in [9.17, 15) is 9.18 Å². The van der Waals surface area contributed by atoms with Crippen LogP contribution in [0.2, 0.25) is 0 Å². The molecule has 1 fully saturated rings. The molecule has 0 N–H and O–H groups in total. The first kappa shape index (κ1) is 16.8. The van der Waals surface area contributed by atoms with Crippen molar-refractivity contribution in [2.75, 3.05) is 19.7 Å². The number of carbonyl (C=O) groups excluding carboxylic acids is 1. The maximum absolute atomic E-state index is 13.6. The summed E-state index contributed by atoms with van der Waals surface area (Å²) in [5, 5.41) is 0. The number of pyridine rings is 1. The summed E-state index contributed by atoms with van der Waals surface area (Å²) in [6.07, 6.45) is 4.07. The molecule has 2 aliphatic heterocycles. The van der Waals surface area contributed by atoms with Gasteiger partial charge in [0.05, 0.1) is 13.0 Å². The van der Waals surface area contributed by atoms with E-state index in [4.69, 9.17) is 9.47 Å². The molecule has 0 unspecified atom stereocenters. The lowest BCUT2D eigenvalue weighted by atomic mass is 10.0. The average Bonchev–Trinajstić information content (AvgIpc) is 3.12. The molecule has 0 aliphatic carbocycles. The summed E-state index contributed by atoms with van der Waals surface area (Å²) in [6.45, 7) is 1.95. The maximum atomic E-state index is 13.6. The number of ether oxygens (including phenoxy) is 2. The molecule has 0 saturated carbocycles. The molecular formula is C20H21FN2O3. The van der Waals surface area contributed by atoms with Crippen LogP contribution in [-0.2, 0) is 17.6 Å². The van der Waals surface area contributed by atoms with Crippen molar-refractivity contribution in [1.82, 2.24) is 9.88 Å². The zero-order chi connectivity index (χ0) is 17.9. The average molecular weight is 356 g/mol. The van der Waals surface area contributed by atoms with Gasteiger partial charge in [-0.05, 0) is 29.3 Å². The molecule has 136 valence electrons. The Hall–Kier alpha value is -2.63. The van der Waals surface area contributed by atoms with Crippen LogP contribution in [0.1, 0.15) is 24.0 Å². The third-order valence-corrected chi connectivity index (χ3v) is 4.91. The highest BCUT2D eigenvalue weighted by atomic mass is 19.1. The van der Waals surface area contributed by atoms with Crippen molar-refractivity contribution in [2.45, 2.75) is 31.8 Å². The predicted octanol–water partition coefficient (Wildman–Crippen LogP) is 2.77. The van der Waals surface area contributed by atoms with Crippen molar-refractivity contribution < 1.29 is 18.7 Å². The van der Waals surface area contributed by atoms with Crippen LogP contribution in [-0.4, -0.2) is 41.6 Å². The number of hydrogen-bond donors (Lipinski definition) is 0. The summed E-state index contributed by atoms with van der Waals surface area (Å²) < 4.78 is 24.8. The van der Waals surface area contributed by atoms with Crippen LogP contribution in [0.25, 0.3) is 0 Å². The Morgan fingerprint density at radius 2 is 2.15 bits per heavy atom. The van der Waals surface area contributed by atoms with Gasteiger partial charge in [-0.15, -0.1) is 0 Å². The molecule has 4 rings (SSSR count). The minimum absolute atomic E-state index is 0.0395. The molecule has 0 atom stereocenters. The number of aromatic nitrogens is 1. The third-order valence-electron chi connectivity index (χ3n) is 4.91. The topological polar surface area (TPSA) is 51.7 Å². The highest BCUT2D eigenvalue weighted by molar-refractivity contribution is 5.79. The van der Waals surface area contributed by atoms with Crippen molar-refractivity contribution in [3.05, 3.63) is 53.5 Å². The van der Waals surface area contributed by atoms with Gasteiger partial charge in [0.1, 0.15) is 11.9 Å². The molecule has 6 heteroatoms. The second kappa shape index (κ2) is 7.32. The van der Waals surface area contributed by atoms with Gasteiger partial charge in [-0.2, -0.15) is 0 Å². The molecule has 1 aromatic carbocycles. The summed E-state index contributed by atoms with van der Waals surface area (Å²) in [5.74, 6) is 0.636. The summed E-state index contributed by atoms with van der Waals surface area (Å²) >= 11 is 0. The van der Waals surface area contributed by atoms with Gasteiger partial charge in [-0.1, -0.05) is 12.1 Å². The molecule has 0 bridgehead atoms. The number of hydrogen-bond acceptors (Lipinski definition) is 4. The molecule has 0 radical (unpaired) electrons. The Labute approximate surface area is 151 Å². The van der Waals surface area contributed by atoms with Gasteiger partial charge in [0.15, 0.2) is 5.82 Å². The van der Waals surface area contributed by atoms with E-state index in [0.717, 1.165) is 24.3 Å². The lowest BCUT2D eigenvalue weighted by Crippen LogP contribution is -2.42. The van der Waals surface area contributed by atoms with Crippen LogP contribution in [0, 0.1) is 5.82 Å². The zero-order valence-electron chi connectivity index (χ0n) is 14.5. The van der Waals surface area contributed by atoms with Gasteiger partial charge in [0.25, 0.3) is 5.88 Å². The minimum Gasteiger partial charge on any atom is -0.493 e. The monoisotopic (exact) mass is 356 g/mol. The lowest BCUT2D eigenvalue weighted by Gasteiger charge is -2.32. The Morgan fingerprint density at radius 1 is 1.31 bits per heavy atom. The van der Waals surface area contributed by atoms with Gasteiger partial charge < -0.3 is 14.4 Å². The van der Waals surface area contributed by atoms with Crippen LogP contribution >= 0.6 is 0 Å². The number of nitrogens with zero attached hydrogens (tertiary/aromatic N) is 2. The fourth-order valence-corrected chi connectivity index (χ4v) is 3.48. The Balaban J connectivity index is 1.30. The lowest BCUT2D eigenvalue weighted by molar-refractivity contribution is -0.132. The van der Waals surface area contributed by atoms with E-state index in [1.165, 1.54) is 23.9 Å². The number of piperidine rings is 1. The highest BCUT2D eigenvalue weighted by Crippen LogP contribution is 2.26. The van der Waals surface area contributed by atoms with E-state index in [1.54, 1.807) is 0 Å². The fourth-order valence-electron chi connectivity index (χ4n) is 3.48. The van der Waals surface area contributed by atoms with Crippen LogP contribution in [0.4, 0.5) is 4.39 Å². The molecular weight excluding hydrogens is 335 g/mol. The molecule has 3 heterocycles. The number of benzene rings is 1. The van der Waals surface area contributed by atoms with Gasteiger partial charge in [0.2, 0.25) is 5.91 Å². The minimum atomic E-state index is -0.452. The number of amides is 1. The normalized spacial score (nSPS) is 16.9. The Kier molecular flexibility index (Phi) is 4.73. The standard InChI is InChI=1S/C20H21FN2O3/c21-17-2-1-8-22-20(17)26-16-5-9-23(10-6-16)19(24)13-14-3-4-18-15(12-14)7-11-25-18/h1-4,8,12,16H,5-7,9-11,13H2. The van der Waals surface area contributed by atoms with Crippen molar-refractivity contribution in [2.24, 2.45) is 0 Å². The molecule has 26 heavy (non-hydrogen) atoms. The molecule has 0 spiro atoms. The number of carbonyl (C=O) groups is 1. The molecule has 1 amide bonds. The van der Waals surface area contributed by atoms with Crippen molar-refractivity contribution >= 4 is 5.91 Å². The largest absolute Gasteiger partial charge is 0.493 e. The Morgan fingerprint density at radius 3 is 2.96 bits per heavy atom. The smallest absolute Gasteiger partial charge is 0.250 e. The first-order valence-electron chi connectivity index (χ1n) is 8.98. The summed E-state index contributed by atoms with van der Waals surface area (Å²) in [5.41, 5.74) is 2.20. The highest BCUT2D eigenvalue weighted by Gasteiger charge is 2.25. The number of halogens is 1. The first-order chi connectivity index (χ1) is 12.7. The Bertz CT molecular complexity index is 803. The van der Waals surface area contributed by atoms with Crippen molar-refractivity contribution in [1.29, 1.82) is 0 Å². The van der Waals surface area contributed by atoms with Gasteiger partial charge in [0, 0.05) is 38.5 Å². The summed E-state index contributed by atoms with van der Waals surface area (Å²) in [7, 11) is 0. The first-order valence-corrected chi connectivity index (χ1v) is 8.98. The molecule has 2 aromatic rings. The van der Waals surface area contributed by atoms with E-state index in [1.807, 2.05) is 17.0 Å². The molecule has 1 aromatic heterocycles. The van der Waals surface area contributed by atoms with Crippen LogP contribution in [0.3, 0.4) is 0 Å². The van der Waals surface area contributed by atoms with E-state index >= 15 is 0 Å². The van der Waals surface area contributed by atoms with Crippen LogP contribution in [0.15, 0.2) is 36.5 Å². The summed E-state index contributed by atoms with van der Waals surface area (Å²) in [6, 6.07) is 8.85. The molecule has 2 aliphatic rings. The van der Waals surface area contributed by atoms with Crippen LogP contribution in [0.5, 0.6) is 11.6 Å². The summed E-state index contributed by atoms with van der Waals surface area (Å²) in [4.78, 5) is 18.4. The SMILES string of the molecule is O=C(Cc1ccc2c(c1)CCO2)N1CCC(Oc2ncccc2F)CC1. The second-order valence-electron chi connectivity index (χ2n) is 6.71. The second-order valence-corrected chi connectivity index (χ2v) is 6.71. The van der Waals surface area contributed by atoms with E-state index in [0.29, 0.717) is 32.4 Å². The predicted molar refractivity (Wildman–Crippen MR) is 93.8 cm³/mol. The molecule has 1 saturated heterocycles. The fraction of sp³-hybridized carbons (Fsp3) is 0.400. The van der Waals surface area contributed by atoms with Crippen LogP contribution < -0.4 is 9.47 Å². The van der Waals surface area contributed by atoms with Crippen molar-refractivity contribution in [3.8, 4) is 11.6 Å². The third kappa shape index (κ3) is 3.64. The number of likely N-dealkylation sites (tertiary alicyclic amines) is 1. The molecule has 5 nitrogen and oxygen atoms in total. The van der Waals surface area contributed by atoms with Gasteiger partial charge >= 0.3 is 0 Å². The zero-order valence-corrected chi connectivity index (χ0v) is 14.5. The number of rotatable bonds is 4. The van der Waals surface area contributed by atoms with E-state index in [2.05, 4.69) is 11.1 Å². The van der Waals surface area contributed by atoms with E-state index < -0.39 is 5.82 Å². The quantitative estimate of drug-likeness (QED) is 0.845. The maximum Gasteiger partial charge on any atom is 0.250 e. The van der Waals surface area contributed by atoms with E-state index in [-0.39, 0.29) is 17.9 Å². The number of fused-ring (bicyclic) bond motifs is 1. The van der Waals surface area contributed by atoms with Gasteiger partial charge in [-0.25, -0.2) is 9.37 Å². The van der Waals surface area contributed by atoms with Gasteiger partial charge in [-0.3, -0.25) is 4.79 Å².